The van der Waals surface area contributed by atoms with Gasteiger partial charge in [-0.25, -0.2) is 8.42 Å². The Balaban J connectivity index is 1.91. The molecule has 0 amide bonds. The molecule has 1 aromatic carbocycles. The number of nitrogens with zero attached hydrogens (tertiary/aromatic N) is 1. The van der Waals surface area contributed by atoms with Gasteiger partial charge in [0.1, 0.15) is 10.7 Å². The first kappa shape index (κ1) is 15.5. The molecule has 20 heavy (non-hydrogen) atoms. The highest BCUT2D eigenvalue weighted by Crippen LogP contribution is 2.24. The van der Waals surface area contributed by atoms with Gasteiger partial charge in [-0.2, -0.15) is 0 Å². The molecule has 1 aromatic rings. The van der Waals surface area contributed by atoms with E-state index in [0.29, 0.717) is 11.7 Å². The summed E-state index contributed by atoms with van der Waals surface area (Å²) in [6.07, 6.45) is 5.78. The lowest BCUT2D eigenvalue weighted by atomic mass is 9.93. The molecule has 112 valence electrons. The predicted octanol–water partition coefficient (Wildman–Crippen LogP) is 2.65. The lowest BCUT2D eigenvalue weighted by Gasteiger charge is -2.28. The number of hydrogen-bond donors (Lipinski definition) is 1. The molecule has 1 unspecified atom stereocenters. The number of rotatable bonds is 7. The maximum atomic E-state index is 10.9. The molecule has 0 aliphatic carbocycles. The van der Waals surface area contributed by atoms with Crippen LogP contribution in [0.1, 0.15) is 43.6 Å². The topological polar surface area (TPSA) is 37.4 Å². The Bertz CT molecular complexity index is 445. The zero-order chi connectivity index (χ0) is 14.2. The lowest BCUT2D eigenvalue weighted by Crippen LogP contribution is -2.31. The number of likely N-dealkylation sites (tertiary alicyclic amines) is 1. The molecule has 4 heteroatoms. The number of piperidine rings is 1. The summed E-state index contributed by atoms with van der Waals surface area (Å²) in [6, 6.07) is 10.3. The van der Waals surface area contributed by atoms with E-state index in [-0.39, 0.29) is 0 Å². The van der Waals surface area contributed by atoms with Gasteiger partial charge in [-0.3, -0.25) is 0 Å². The zero-order valence-corrected chi connectivity index (χ0v) is 12.9. The molecule has 0 radical (unpaired) electrons. The Kier molecular flexibility index (Phi) is 6.54. The van der Waals surface area contributed by atoms with Crippen LogP contribution >= 0.6 is 0 Å². The fraction of sp³-hybridized carbons (Fsp3) is 0.625. The Labute approximate surface area is 123 Å². The molecule has 1 atom stereocenters. The van der Waals surface area contributed by atoms with Crippen LogP contribution in [-0.4, -0.2) is 38.7 Å². The molecule has 3 nitrogen and oxygen atoms in total. The van der Waals surface area contributed by atoms with E-state index in [2.05, 4.69) is 17.0 Å². The second-order valence-corrected chi connectivity index (χ2v) is 6.76. The summed E-state index contributed by atoms with van der Waals surface area (Å²) in [7, 11) is -2.26. The maximum absolute atomic E-state index is 10.9. The van der Waals surface area contributed by atoms with Crippen molar-refractivity contribution in [1.82, 2.24) is 4.90 Å². The first-order valence-corrected chi connectivity index (χ1v) is 9.01. The molecular formula is C16H25NO2S. The van der Waals surface area contributed by atoms with Crippen LogP contribution in [0.4, 0.5) is 0 Å². The molecule has 1 aliphatic heterocycles. The monoisotopic (exact) mass is 295 g/mol. The van der Waals surface area contributed by atoms with Crippen LogP contribution < -0.4 is 0 Å². The van der Waals surface area contributed by atoms with Crippen molar-refractivity contribution in [1.29, 1.82) is 0 Å². The van der Waals surface area contributed by atoms with Crippen LogP contribution in [0.5, 0.6) is 0 Å². The van der Waals surface area contributed by atoms with Crippen molar-refractivity contribution in [2.75, 3.05) is 25.4 Å². The predicted molar refractivity (Wildman–Crippen MR) is 83.9 cm³/mol. The largest absolute Gasteiger partial charge is 0.303 e. The Hall–Kier alpha value is -0.870. The summed E-state index contributed by atoms with van der Waals surface area (Å²) < 4.78 is 21.7. The summed E-state index contributed by atoms with van der Waals surface area (Å²) in [4.78, 5) is 2.52. The van der Waals surface area contributed by atoms with Gasteiger partial charge >= 0.3 is 0 Å². The Morgan fingerprint density at radius 3 is 2.35 bits per heavy atom. The summed E-state index contributed by atoms with van der Waals surface area (Å²) in [5.41, 5.74) is 1.28. The van der Waals surface area contributed by atoms with Crippen molar-refractivity contribution in [3.05, 3.63) is 35.9 Å². The first-order chi connectivity index (χ1) is 9.75. The van der Waals surface area contributed by atoms with E-state index in [9.17, 15) is 8.42 Å². The van der Waals surface area contributed by atoms with Gasteiger partial charge < -0.3 is 4.90 Å². The Morgan fingerprint density at radius 2 is 1.70 bits per heavy atom. The normalized spacial score (nSPS) is 18.2. The molecule has 0 saturated carbocycles. The number of benzene rings is 1. The number of thiol groups is 1. The van der Waals surface area contributed by atoms with Crippen LogP contribution in [0.25, 0.3) is 0 Å². The zero-order valence-electron chi connectivity index (χ0n) is 12.0. The molecule has 0 bridgehead atoms. The highest BCUT2D eigenvalue weighted by atomic mass is 32.2. The second kappa shape index (κ2) is 8.42. The van der Waals surface area contributed by atoms with E-state index in [1.807, 2.05) is 18.2 Å². The van der Waals surface area contributed by atoms with Crippen molar-refractivity contribution >= 4 is 10.7 Å². The molecule has 0 N–H and O–H groups in total. The van der Waals surface area contributed by atoms with Crippen molar-refractivity contribution in [3.63, 3.8) is 0 Å². The fourth-order valence-corrected chi connectivity index (χ4v) is 3.51. The molecule has 2 rings (SSSR count). The number of hydrogen-bond acceptors (Lipinski definition) is 3. The molecule has 1 saturated heterocycles. The van der Waals surface area contributed by atoms with Gasteiger partial charge in [-0.05, 0) is 56.8 Å². The van der Waals surface area contributed by atoms with E-state index in [1.54, 1.807) is 0 Å². The smallest absolute Gasteiger partial charge is 0.140 e. The third-order valence-electron chi connectivity index (χ3n) is 4.17. The average Bonchev–Trinajstić information content (AvgIpc) is 2.49. The van der Waals surface area contributed by atoms with Gasteiger partial charge in [0.25, 0.3) is 0 Å². The highest BCUT2D eigenvalue weighted by molar-refractivity contribution is 7.72. The standard InChI is InChI=1S/C16H25NO2S/c18-20(19)14-10-16(15-7-3-1-4-8-15)9-13-17-11-5-2-6-12-17/h1,3-4,7-8,16,20H,2,5-6,9-14H2. The lowest BCUT2D eigenvalue weighted by molar-refractivity contribution is 0.220. The second-order valence-electron chi connectivity index (χ2n) is 5.64. The van der Waals surface area contributed by atoms with Gasteiger partial charge in [0.05, 0.1) is 0 Å². The van der Waals surface area contributed by atoms with Gasteiger partial charge in [-0.15, -0.1) is 0 Å². The van der Waals surface area contributed by atoms with Crippen LogP contribution in [0.3, 0.4) is 0 Å². The van der Waals surface area contributed by atoms with Crippen molar-refractivity contribution < 1.29 is 8.42 Å². The third-order valence-corrected chi connectivity index (χ3v) is 4.80. The highest BCUT2D eigenvalue weighted by Gasteiger charge is 2.15. The minimum absolute atomic E-state index is 0.300. The van der Waals surface area contributed by atoms with E-state index < -0.39 is 10.7 Å². The van der Waals surface area contributed by atoms with E-state index >= 15 is 0 Å². The van der Waals surface area contributed by atoms with Crippen LogP contribution in [0.2, 0.25) is 0 Å². The maximum Gasteiger partial charge on any atom is 0.140 e. The van der Waals surface area contributed by atoms with Crippen molar-refractivity contribution in [2.45, 2.75) is 38.0 Å². The molecule has 0 aromatic heterocycles. The first-order valence-electron chi connectivity index (χ1n) is 7.65. The third kappa shape index (κ3) is 5.25. The minimum Gasteiger partial charge on any atom is -0.303 e. The van der Waals surface area contributed by atoms with Crippen LogP contribution in [0.15, 0.2) is 30.3 Å². The molecule has 1 heterocycles. The van der Waals surface area contributed by atoms with E-state index in [1.165, 1.54) is 37.9 Å². The SMILES string of the molecule is O=[SH](=O)CCC(CCN1CCCCC1)c1ccccc1. The van der Waals surface area contributed by atoms with E-state index in [0.717, 1.165) is 19.4 Å². The molecule has 1 fully saturated rings. The van der Waals surface area contributed by atoms with Crippen LogP contribution in [0, 0.1) is 0 Å². The summed E-state index contributed by atoms with van der Waals surface area (Å²) in [6.45, 7) is 3.50. The minimum atomic E-state index is -2.26. The summed E-state index contributed by atoms with van der Waals surface area (Å²) in [5, 5.41) is 0. The van der Waals surface area contributed by atoms with Gasteiger partial charge in [-0.1, -0.05) is 36.8 Å². The Morgan fingerprint density at radius 1 is 1.00 bits per heavy atom. The van der Waals surface area contributed by atoms with Crippen LogP contribution in [-0.2, 0) is 10.7 Å². The fourth-order valence-electron chi connectivity index (χ4n) is 2.99. The van der Waals surface area contributed by atoms with Crippen molar-refractivity contribution in [3.8, 4) is 0 Å². The molecular weight excluding hydrogens is 270 g/mol. The quantitative estimate of drug-likeness (QED) is 0.786. The van der Waals surface area contributed by atoms with E-state index in [4.69, 9.17) is 0 Å². The molecule has 0 spiro atoms. The average molecular weight is 295 g/mol. The summed E-state index contributed by atoms with van der Waals surface area (Å²) in [5.74, 6) is 0.667. The van der Waals surface area contributed by atoms with Gasteiger partial charge in [0, 0.05) is 5.75 Å². The van der Waals surface area contributed by atoms with Gasteiger partial charge in [0.2, 0.25) is 0 Å². The summed E-state index contributed by atoms with van der Waals surface area (Å²) >= 11 is 0. The molecule has 1 aliphatic rings. The van der Waals surface area contributed by atoms with Crippen molar-refractivity contribution in [2.24, 2.45) is 0 Å². The van der Waals surface area contributed by atoms with Gasteiger partial charge in [0.15, 0.2) is 0 Å².